The minimum atomic E-state index is -0.466. The van der Waals surface area contributed by atoms with Crippen molar-refractivity contribution in [3.63, 3.8) is 0 Å². The fourth-order valence-corrected chi connectivity index (χ4v) is 0.302. The molecule has 0 aromatic heterocycles. The van der Waals surface area contributed by atoms with Crippen LogP contribution in [0.5, 0.6) is 0 Å². The second-order valence-corrected chi connectivity index (χ2v) is 1.51. The molecule has 0 rings (SSSR count). The highest BCUT2D eigenvalue weighted by Crippen LogP contribution is 1.77. The number of hydrogen-bond acceptors (Lipinski definition) is 3. The highest BCUT2D eigenvalue weighted by atomic mass is 16.3. The van der Waals surface area contributed by atoms with Gasteiger partial charge in [-0.25, -0.2) is 0 Å². The minimum Gasteiger partial charge on any atom is -0.390 e. The first-order valence-corrected chi connectivity index (χ1v) is 2.63. The summed E-state index contributed by atoms with van der Waals surface area (Å²) in [6.45, 7) is 2.52. The van der Waals surface area contributed by atoms with Crippen LogP contribution in [0.25, 0.3) is 0 Å². The number of aliphatic hydroxyl groups excluding tert-OH is 1. The molecule has 0 aliphatic heterocycles. The molecule has 1 atom stereocenters. The third-order valence-electron chi connectivity index (χ3n) is 0.771. The van der Waals surface area contributed by atoms with Crippen LogP contribution in [0.2, 0.25) is 0 Å². The molecule has 0 fully saturated rings. The Labute approximate surface area is 49.2 Å². The molecule has 48 valence electrons. The van der Waals surface area contributed by atoms with Crippen molar-refractivity contribution in [2.24, 2.45) is 10.7 Å². The molecule has 0 radical (unpaired) electrons. The van der Waals surface area contributed by atoms with E-state index in [0.29, 0.717) is 6.54 Å². The summed E-state index contributed by atoms with van der Waals surface area (Å²) in [5.41, 5.74) is 5.09. The SMILES string of the molecule is CC=NCC(O)CN. The molecule has 0 aromatic rings. The molecule has 0 saturated heterocycles. The summed E-state index contributed by atoms with van der Waals surface area (Å²) in [5.74, 6) is 0. The third kappa shape index (κ3) is 3.77. The van der Waals surface area contributed by atoms with E-state index in [9.17, 15) is 0 Å². The summed E-state index contributed by atoms with van der Waals surface area (Å²) in [6, 6.07) is 0. The molecule has 0 heterocycles. The molecule has 8 heavy (non-hydrogen) atoms. The van der Waals surface area contributed by atoms with Crippen LogP contribution in [0.4, 0.5) is 0 Å². The van der Waals surface area contributed by atoms with Gasteiger partial charge in [-0.05, 0) is 13.1 Å². The highest BCUT2D eigenvalue weighted by molar-refractivity contribution is 5.53. The zero-order chi connectivity index (χ0) is 6.41. The Morgan fingerprint density at radius 1 is 1.88 bits per heavy atom. The zero-order valence-electron chi connectivity index (χ0n) is 5.04. The Hall–Kier alpha value is -0.410. The Bertz CT molecular complexity index is 72.8. The molecule has 0 spiro atoms. The van der Waals surface area contributed by atoms with E-state index in [1.807, 2.05) is 6.92 Å². The molecule has 3 nitrogen and oxygen atoms in total. The van der Waals surface area contributed by atoms with Gasteiger partial charge < -0.3 is 10.8 Å². The van der Waals surface area contributed by atoms with Crippen molar-refractivity contribution >= 4 is 6.21 Å². The Morgan fingerprint density at radius 2 is 2.50 bits per heavy atom. The topological polar surface area (TPSA) is 58.6 Å². The van der Waals surface area contributed by atoms with Crippen LogP contribution in [0.1, 0.15) is 6.92 Å². The Balaban J connectivity index is 3.10. The van der Waals surface area contributed by atoms with Crippen LogP contribution in [0.15, 0.2) is 4.99 Å². The van der Waals surface area contributed by atoms with E-state index < -0.39 is 6.10 Å². The summed E-state index contributed by atoms with van der Waals surface area (Å²) >= 11 is 0. The fraction of sp³-hybridized carbons (Fsp3) is 0.800. The molecule has 1 unspecified atom stereocenters. The van der Waals surface area contributed by atoms with Gasteiger partial charge in [-0.15, -0.1) is 0 Å². The molecule has 0 amide bonds. The number of nitrogens with zero attached hydrogens (tertiary/aromatic N) is 1. The summed E-state index contributed by atoms with van der Waals surface area (Å²) < 4.78 is 0. The van der Waals surface area contributed by atoms with E-state index >= 15 is 0 Å². The fourth-order valence-electron chi connectivity index (χ4n) is 0.302. The van der Waals surface area contributed by atoms with Crippen LogP contribution in [0.3, 0.4) is 0 Å². The second-order valence-electron chi connectivity index (χ2n) is 1.51. The molecule has 0 aliphatic carbocycles. The lowest BCUT2D eigenvalue weighted by molar-refractivity contribution is 0.192. The van der Waals surface area contributed by atoms with Gasteiger partial charge in [-0.2, -0.15) is 0 Å². The molecule has 0 bridgehead atoms. The maximum atomic E-state index is 8.75. The van der Waals surface area contributed by atoms with Gasteiger partial charge in [0.1, 0.15) is 0 Å². The monoisotopic (exact) mass is 116 g/mol. The van der Waals surface area contributed by atoms with Crippen LogP contribution < -0.4 is 5.73 Å². The zero-order valence-corrected chi connectivity index (χ0v) is 5.04. The van der Waals surface area contributed by atoms with Crippen molar-refractivity contribution in [1.29, 1.82) is 0 Å². The van der Waals surface area contributed by atoms with E-state index in [0.717, 1.165) is 0 Å². The summed E-state index contributed by atoms with van der Waals surface area (Å²) in [5, 5.41) is 8.75. The van der Waals surface area contributed by atoms with Gasteiger partial charge in [0.25, 0.3) is 0 Å². The van der Waals surface area contributed by atoms with Gasteiger partial charge in [0.2, 0.25) is 0 Å². The van der Waals surface area contributed by atoms with Gasteiger partial charge in [0.15, 0.2) is 0 Å². The summed E-state index contributed by atoms with van der Waals surface area (Å²) in [7, 11) is 0. The molecule has 3 N–H and O–H groups in total. The predicted molar refractivity (Wildman–Crippen MR) is 34.1 cm³/mol. The molecule has 0 aromatic carbocycles. The Kier molecular flexibility index (Phi) is 4.50. The lowest BCUT2D eigenvalue weighted by Crippen LogP contribution is -2.22. The van der Waals surface area contributed by atoms with Crippen LogP contribution in [-0.4, -0.2) is 30.5 Å². The molecule has 3 heteroatoms. The van der Waals surface area contributed by atoms with Crippen LogP contribution in [0, 0.1) is 0 Å². The first kappa shape index (κ1) is 7.59. The number of aliphatic hydroxyl groups is 1. The highest BCUT2D eigenvalue weighted by Gasteiger charge is 1.94. The van der Waals surface area contributed by atoms with Gasteiger partial charge in [-0.3, -0.25) is 4.99 Å². The molecular weight excluding hydrogens is 104 g/mol. The maximum absolute atomic E-state index is 8.75. The van der Waals surface area contributed by atoms with Crippen molar-refractivity contribution in [3.05, 3.63) is 0 Å². The largest absolute Gasteiger partial charge is 0.390 e. The van der Waals surface area contributed by atoms with E-state index in [4.69, 9.17) is 10.8 Å². The molecular formula is C5H12N2O. The average Bonchev–Trinajstić information content (AvgIpc) is 1.83. The van der Waals surface area contributed by atoms with Crippen molar-refractivity contribution in [2.75, 3.05) is 13.1 Å². The first-order chi connectivity index (χ1) is 3.81. The van der Waals surface area contributed by atoms with Gasteiger partial charge in [-0.1, -0.05) is 0 Å². The van der Waals surface area contributed by atoms with Gasteiger partial charge in [0.05, 0.1) is 12.6 Å². The Morgan fingerprint density at radius 3 is 2.88 bits per heavy atom. The number of rotatable bonds is 3. The standard InChI is InChI=1S/C5H12N2O/c1-2-7-4-5(8)3-6/h2,5,8H,3-4,6H2,1H3. The first-order valence-electron chi connectivity index (χ1n) is 2.63. The maximum Gasteiger partial charge on any atom is 0.0857 e. The lowest BCUT2D eigenvalue weighted by Gasteiger charge is -1.99. The average molecular weight is 116 g/mol. The van der Waals surface area contributed by atoms with E-state index in [1.165, 1.54) is 0 Å². The molecule has 0 aliphatic rings. The van der Waals surface area contributed by atoms with E-state index in [2.05, 4.69) is 4.99 Å². The van der Waals surface area contributed by atoms with Crippen molar-refractivity contribution in [2.45, 2.75) is 13.0 Å². The quantitative estimate of drug-likeness (QED) is 0.483. The number of hydrogen-bond donors (Lipinski definition) is 2. The van der Waals surface area contributed by atoms with E-state index in [-0.39, 0.29) is 6.54 Å². The van der Waals surface area contributed by atoms with Crippen molar-refractivity contribution in [1.82, 2.24) is 0 Å². The molecule has 0 saturated carbocycles. The smallest absolute Gasteiger partial charge is 0.0857 e. The third-order valence-corrected chi connectivity index (χ3v) is 0.771. The second kappa shape index (κ2) is 4.74. The van der Waals surface area contributed by atoms with Crippen molar-refractivity contribution in [3.8, 4) is 0 Å². The lowest BCUT2D eigenvalue weighted by atomic mass is 10.4. The minimum absolute atomic E-state index is 0.289. The predicted octanol–water partition coefficient (Wildman–Crippen LogP) is -0.603. The number of nitrogens with two attached hydrogens (primary N) is 1. The van der Waals surface area contributed by atoms with E-state index in [1.54, 1.807) is 6.21 Å². The summed E-state index contributed by atoms with van der Waals surface area (Å²) in [4.78, 5) is 3.79. The van der Waals surface area contributed by atoms with Gasteiger partial charge >= 0.3 is 0 Å². The summed E-state index contributed by atoms with van der Waals surface area (Å²) in [6.07, 6.45) is 1.19. The van der Waals surface area contributed by atoms with Crippen LogP contribution >= 0.6 is 0 Å². The van der Waals surface area contributed by atoms with Gasteiger partial charge in [0, 0.05) is 6.54 Å². The van der Waals surface area contributed by atoms with Crippen LogP contribution in [-0.2, 0) is 0 Å². The van der Waals surface area contributed by atoms with Crippen molar-refractivity contribution < 1.29 is 5.11 Å². The normalized spacial score (nSPS) is 14.9. The number of aliphatic imine (C=N–C) groups is 1.